The van der Waals surface area contributed by atoms with E-state index in [9.17, 15) is 9.59 Å². The number of benzene rings is 3. The molecule has 0 aliphatic carbocycles. The fourth-order valence-electron chi connectivity index (χ4n) is 3.73. The summed E-state index contributed by atoms with van der Waals surface area (Å²) in [7, 11) is 1.54. The van der Waals surface area contributed by atoms with Crippen LogP contribution in [0.15, 0.2) is 59.5 Å². The molecule has 5 nitrogen and oxygen atoms in total. The number of fused-ring (bicyclic) bond motifs is 1. The Morgan fingerprint density at radius 1 is 1.12 bits per heavy atom. The smallest absolute Gasteiger partial charge is 0.293 e. The third-order valence-electron chi connectivity index (χ3n) is 5.66. The minimum atomic E-state index is -0.286. The lowest BCUT2D eigenvalue weighted by molar-refractivity contribution is -0.124. The summed E-state index contributed by atoms with van der Waals surface area (Å²) in [6, 6.07) is 17.5. The zero-order valence-electron chi connectivity index (χ0n) is 18.6. The van der Waals surface area contributed by atoms with Crippen LogP contribution < -0.4 is 9.47 Å². The lowest BCUT2D eigenvalue weighted by Crippen LogP contribution is -2.36. The molecule has 0 bridgehead atoms. The lowest BCUT2D eigenvalue weighted by Gasteiger charge is -2.19. The van der Waals surface area contributed by atoms with Gasteiger partial charge in [-0.05, 0) is 65.2 Å². The van der Waals surface area contributed by atoms with E-state index < -0.39 is 0 Å². The van der Waals surface area contributed by atoms with Crippen LogP contribution in [0.1, 0.15) is 31.4 Å². The molecule has 0 N–H and O–H groups in total. The average Bonchev–Trinajstić information content (AvgIpc) is 3.10. The molecule has 1 aliphatic heterocycles. The van der Waals surface area contributed by atoms with Crippen molar-refractivity contribution in [2.45, 2.75) is 32.9 Å². The summed E-state index contributed by atoms with van der Waals surface area (Å²) >= 11 is 7.48. The molecule has 2 amide bonds. The normalized spacial score (nSPS) is 16.0. The standard InChI is InChI=1S/C26H24ClNO4S/c1-4-16(2)28-25(29)23(33-26(28)30)14-17-12-21(27)24(22(13-17)31-3)32-15-19-10-7-9-18-8-5-6-11-20(18)19/h5-14,16H,4,15H2,1-3H3/b23-14+/t16-/m1/s1. The number of thioether (sulfide) groups is 1. The number of methoxy groups -OCH3 is 1. The molecule has 0 saturated carbocycles. The molecule has 3 aromatic rings. The number of amides is 2. The molecule has 170 valence electrons. The Hall–Kier alpha value is -2.96. The van der Waals surface area contributed by atoms with E-state index in [1.165, 1.54) is 12.0 Å². The zero-order valence-corrected chi connectivity index (χ0v) is 20.2. The number of carbonyl (C=O) groups excluding carboxylic acids is 2. The van der Waals surface area contributed by atoms with Crippen molar-refractivity contribution >= 4 is 51.4 Å². The van der Waals surface area contributed by atoms with Gasteiger partial charge in [0.25, 0.3) is 11.1 Å². The maximum Gasteiger partial charge on any atom is 0.293 e. The van der Waals surface area contributed by atoms with Gasteiger partial charge in [-0.3, -0.25) is 14.5 Å². The second-order valence-electron chi connectivity index (χ2n) is 7.77. The number of ether oxygens (including phenoxy) is 2. The molecule has 1 heterocycles. The van der Waals surface area contributed by atoms with Gasteiger partial charge in [-0.15, -0.1) is 0 Å². The van der Waals surface area contributed by atoms with Crippen molar-refractivity contribution in [3.63, 3.8) is 0 Å². The lowest BCUT2D eigenvalue weighted by atomic mass is 10.1. The van der Waals surface area contributed by atoms with E-state index in [0.29, 0.717) is 40.0 Å². The molecule has 1 fully saturated rings. The summed E-state index contributed by atoms with van der Waals surface area (Å²) in [5.74, 6) is 0.595. The van der Waals surface area contributed by atoms with Crippen molar-refractivity contribution < 1.29 is 19.1 Å². The summed E-state index contributed by atoms with van der Waals surface area (Å²) in [4.78, 5) is 26.7. The fraction of sp³-hybridized carbons (Fsp3) is 0.231. The molecular weight excluding hydrogens is 458 g/mol. The van der Waals surface area contributed by atoms with E-state index in [4.69, 9.17) is 21.1 Å². The third kappa shape index (κ3) is 4.72. The van der Waals surface area contributed by atoms with Crippen LogP contribution in [-0.2, 0) is 11.4 Å². The van der Waals surface area contributed by atoms with Crippen LogP contribution in [0.3, 0.4) is 0 Å². The first-order chi connectivity index (χ1) is 15.9. The van der Waals surface area contributed by atoms with Gasteiger partial charge in [0.2, 0.25) is 0 Å². The van der Waals surface area contributed by atoms with Gasteiger partial charge >= 0.3 is 0 Å². The number of nitrogens with zero attached hydrogens (tertiary/aromatic N) is 1. The summed E-state index contributed by atoms with van der Waals surface area (Å²) in [5.41, 5.74) is 1.69. The van der Waals surface area contributed by atoms with Crippen LogP contribution in [0.2, 0.25) is 5.02 Å². The van der Waals surface area contributed by atoms with Crippen molar-refractivity contribution in [1.29, 1.82) is 0 Å². The molecule has 3 aromatic carbocycles. The molecular formula is C26H24ClNO4S. The maximum atomic E-state index is 12.7. The highest BCUT2D eigenvalue weighted by Crippen LogP contribution is 2.40. The van der Waals surface area contributed by atoms with Crippen LogP contribution >= 0.6 is 23.4 Å². The van der Waals surface area contributed by atoms with Gasteiger partial charge in [-0.2, -0.15) is 0 Å². The molecule has 33 heavy (non-hydrogen) atoms. The molecule has 0 unspecified atom stereocenters. The van der Waals surface area contributed by atoms with Gasteiger partial charge in [-0.25, -0.2) is 0 Å². The van der Waals surface area contributed by atoms with Gasteiger partial charge in [0.05, 0.1) is 17.0 Å². The van der Waals surface area contributed by atoms with Crippen molar-refractivity contribution in [3.8, 4) is 11.5 Å². The van der Waals surface area contributed by atoms with E-state index >= 15 is 0 Å². The molecule has 7 heteroatoms. The van der Waals surface area contributed by atoms with Crippen LogP contribution in [0.25, 0.3) is 16.8 Å². The predicted octanol–water partition coefficient (Wildman–Crippen LogP) is 6.92. The Kier molecular flexibility index (Phi) is 6.96. The second-order valence-corrected chi connectivity index (χ2v) is 9.17. The van der Waals surface area contributed by atoms with Crippen molar-refractivity contribution in [3.05, 3.63) is 75.7 Å². The number of imide groups is 1. The van der Waals surface area contributed by atoms with E-state index in [1.54, 1.807) is 18.2 Å². The zero-order chi connectivity index (χ0) is 23.5. The first-order valence-corrected chi connectivity index (χ1v) is 11.9. The first-order valence-electron chi connectivity index (χ1n) is 10.7. The van der Waals surface area contributed by atoms with Gasteiger partial charge in [0.15, 0.2) is 11.5 Å². The minimum Gasteiger partial charge on any atom is -0.493 e. The van der Waals surface area contributed by atoms with Crippen molar-refractivity contribution in [1.82, 2.24) is 4.90 Å². The highest BCUT2D eigenvalue weighted by Gasteiger charge is 2.37. The van der Waals surface area contributed by atoms with E-state index in [1.807, 2.05) is 38.1 Å². The molecule has 0 aromatic heterocycles. The van der Waals surface area contributed by atoms with Crippen LogP contribution in [0.4, 0.5) is 4.79 Å². The Bertz CT molecular complexity index is 1250. The number of carbonyl (C=O) groups is 2. The third-order valence-corrected chi connectivity index (χ3v) is 6.82. The monoisotopic (exact) mass is 481 g/mol. The number of hydrogen-bond acceptors (Lipinski definition) is 5. The molecule has 1 atom stereocenters. The maximum absolute atomic E-state index is 12.7. The number of halogens is 1. The van der Waals surface area contributed by atoms with Crippen molar-refractivity contribution in [2.24, 2.45) is 0 Å². The first kappa shape index (κ1) is 23.2. The highest BCUT2D eigenvalue weighted by atomic mass is 35.5. The summed E-state index contributed by atoms with van der Waals surface area (Å²) in [6.45, 7) is 4.13. The van der Waals surface area contributed by atoms with Gasteiger partial charge in [0.1, 0.15) is 6.61 Å². The second kappa shape index (κ2) is 9.89. The summed E-state index contributed by atoms with van der Waals surface area (Å²) in [6.07, 6.45) is 2.36. The highest BCUT2D eigenvalue weighted by molar-refractivity contribution is 8.18. The average molecular weight is 482 g/mol. The minimum absolute atomic E-state index is 0.147. The molecule has 1 saturated heterocycles. The Morgan fingerprint density at radius 2 is 1.88 bits per heavy atom. The number of hydrogen-bond donors (Lipinski definition) is 0. The van der Waals surface area contributed by atoms with Gasteiger partial charge < -0.3 is 9.47 Å². The number of rotatable bonds is 7. The van der Waals surface area contributed by atoms with E-state index in [-0.39, 0.29) is 17.2 Å². The summed E-state index contributed by atoms with van der Waals surface area (Å²) < 4.78 is 11.6. The van der Waals surface area contributed by atoms with E-state index in [2.05, 4.69) is 18.2 Å². The van der Waals surface area contributed by atoms with Crippen LogP contribution in [0, 0.1) is 0 Å². The van der Waals surface area contributed by atoms with Gasteiger partial charge in [-0.1, -0.05) is 61.0 Å². The van der Waals surface area contributed by atoms with Crippen LogP contribution in [-0.4, -0.2) is 29.2 Å². The molecule has 4 rings (SSSR count). The Labute approximate surface area is 202 Å². The SMILES string of the molecule is CC[C@@H](C)N1C(=O)S/C(=C/c2cc(Cl)c(OCc3cccc4ccccc34)c(OC)c2)C1=O. The molecule has 1 aliphatic rings. The quantitative estimate of drug-likeness (QED) is 0.343. The van der Waals surface area contributed by atoms with Crippen molar-refractivity contribution in [2.75, 3.05) is 7.11 Å². The van der Waals surface area contributed by atoms with Crippen LogP contribution in [0.5, 0.6) is 11.5 Å². The van der Waals surface area contributed by atoms with Gasteiger partial charge in [0, 0.05) is 6.04 Å². The summed E-state index contributed by atoms with van der Waals surface area (Å²) in [5, 5.41) is 2.36. The fourth-order valence-corrected chi connectivity index (χ4v) is 4.93. The Balaban J connectivity index is 1.59. The predicted molar refractivity (Wildman–Crippen MR) is 134 cm³/mol. The largest absolute Gasteiger partial charge is 0.493 e. The Morgan fingerprint density at radius 3 is 2.64 bits per heavy atom. The molecule has 0 spiro atoms. The topological polar surface area (TPSA) is 55.8 Å². The van der Waals surface area contributed by atoms with E-state index in [0.717, 1.165) is 28.1 Å². The molecule has 0 radical (unpaired) electrons.